The molecule has 0 unspecified atom stereocenters. The number of fused-ring (bicyclic) bond motifs is 1. The van der Waals surface area contributed by atoms with Crippen molar-refractivity contribution in [1.29, 1.82) is 0 Å². The molecule has 0 N–H and O–H groups in total. The summed E-state index contributed by atoms with van der Waals surface area (Å²) in [5.74, 6) is -0.194. The first kappa shape index (κ1) is 17.9. The van der Waals surface area contributed by atoms with Crippen LogP contribution >= 0.6 is 0 Å². The Balaban J connectivity index is 1.93. The molecule has 140 valence electrons. The van der Waals surface area contributed by atoms with Gasteiger partial charge in [-0.1, -0.05) is 48.2 Å². The van der Waals surface area contributed by atoms with E-state index in [0.29, 0.717) is 5.56 Å². The number of rotatable bonds is 4. The highest BCUT2D eigenvalue weighted by molar-refractivity contribution is 6.07. The SMILES string of the molecule is CC1(C)C(c2ccccc2)=[N+](Cc2cc([N+](=O)[O-])ccc2[O-])c2ccccc21. The third kappa shape index (κ3) is 2.85. The van der Waals surface area contributed by atoms with Crippen LogP contribution in [0.1, 0.15) is 30.5 Å². The summed E-state index contributed by atoms with van der Waals surface area (Å²) < 4.78 is 2.12. The Hall–Kier alpha value is -3.47. The van der Waals surface area contributed by atoms with Gasteiger partial charge in [0.05, 0.1) is 10.3 Å². The topological polar surface area (TPSA) is 69.2 Å². The fourth-order valence-electron chi connectivity index (χ4n) is 4.07. The number of hydrogen-bond acceptors (Lipinski definition) is 3. The van der Waals surface area contributed by atoms with Gasteiger partial charge in [0, 0.05) is 34.9 Å². The molecule has 0 saturated carbocycles. The van der Waals surface area contributed by atoms with E-state index in [4.69, 9.17) is 0 Å². The van der Waals surface area contributed by atoms with Crippen LogP contribution in [-0.2, 0) is 12.0 Å². The number of benzene rings is 3. The van der Waals surface area contributed by atoms with Crippen LogP contribution in [0.2, 0.25) is 0 Å². The largest absolute Gasteiger partial charge is 0.872 e. The number of nitro benzene ring substituents is 1. The number of nitrogens with zero attached hydrogens (tertiary/aromatic N) is 2. The number of non-ortho nitro benzene ring substituents is 1. The van der Waals surface area contributed by atoms with Gasteiger partial charge in [-0.2, -0.15) is 4.58 Å². The van der Waals surface area contributed by atoms with E-state index in [1.54, 1.807) is 0 Å². The van der Waals surface area contributed by atoms with Gasteiger partial charge in [0.1, 0.15) is 0 Å². The first-order valence-corrected chi connectivity index (χ1v) is 9.14. The molecule has 0 atom stereocenters. The average Bonchev–Trinajstić information content (AvgIpc) is 2.91. The highest BCUT2D eigenvalue weighted by Crippen LogP contribution is 2.42. The van der Waals surface area contributed by atoms with Crippen molar-refractivity contribution in [3.8, 4) is 5.75 Å². The van der Waals surface area contributed by atoms with Crippen LogP contribution in [-0.4, -0.2) is 15.2 Å². The molecular weight excluding hydrogens is 352 g/mol. The summed E-state index contributed by atoms with van der Waals surface area (Å²) >= 11 is 0. The van der Waals surface area contributed by atoms with E-state index in [9.17, 15) is 15.2 Å². The minimum absolute atomic E-state index is 0.0670. The standard InChI is InChI=1S/C23H20N2O3/c1-23(2)19-10-6-7-11-20(19)24(22(23)16-8-4-3-5-9-16)15-17-14-18(25(27)28)12-13-21(17)26/h3-14H,15H2,1-2H3. The van der Waals surface area contributed by atoms with E-state index < -0.39 is 4.92 Å². The molecule has 1 heterocycles. The third-order valence-corrected chi connectivity index (χ3v) is 5.36. The van der Waals surface area contributed by atoms with Crippen molar-refractivity contribution in [3.05, 3.63) is 99.6 Å². The fourth-order valence-corrected chi connectivity index (χ4v) is 4.07. The molecule has 4 rings (SSSR count). The lowest BCUT2D eigenvalue weighted by molar-refractivity contribution is -0.457. The number of hydrogen-bond donors (Lipinski definition) is 0. The summed E-state index contributed by atoms with van der Waals surface area (Å²) in [7, 11) is 0. The van der Waals surface area contributed by atoms with E-state index in [1.807, 2.05) is 36.4 Å². The van der Waals surface area contributed by atoms with Gasteiger partial charge in [-0.05, 0) is 26.0 Å². The van der Waals surface area contributed by atoms with Crippen molar-refractivity contribution in [2.75, 3.05) is 0 Å². The van der Waals surface area contributed by atoms with Gasteiger partial charge < -0.3 is 5.11 Å². The van der Waals surface area contributed by atoms with Gasteiger partial charge in [0.15, 0.2) is 12.3 Å². The maximum Gasteiger partial charge on any atom is 0.269 e. The molecule has 0 aromatic heterocycles. The first-order valence-electron chi connectivity index (χ1n) is 9.14. The molecule has 0 spiro atoms. The Morgan fingerprint density at radius 2 is 1.64 bits per heavy atom. The highest BCUT2D eigenvalue weighted by Gasteiger charge is 2.46. The molecule has 0 fully saturated rings. The summed E-state index contributed by atoms with van der Waals surface area (Å²) in [5, 5.41) is 23.6. The van der Waals surface area contributed by atoms with Crippen molar-refractivity contribution in [1.82, 2.24) is 0 Å². The molecule has 28 heavy (non-hydrogen) atoms. The van der Waals surface area contributed by atoms with Gasteiger partial charge in [-0.15, -0.1) is 0 Å². The Labute approximate surface area is 163 Å². The average molecular weight is 372 g/mol. The molecule has 0 radical (unpaired) electrons. The molecule has 5 heteroatoms. The van der Waals surface area contributed by atoms with Gasteiger partial charge in [-0.3, -0.25) is 10.1 Å². The number of para-hydroxylation sites is 1. The highest BCUT2D eigenvalue weighted by atomic mass is 16.6. The first-order chi connectivity index (χ1) is 13.4. The van der Waals surface area contributed by atoms with Crippen LogP contribution in [0.5, 0.6) is 5.75 Å². The van der Waals surface area contributed by atoms with Gasteiger partial charge >= 0.3 is 0 Å². The zero-order valence-corrected chi connectivity index (χ0v) is 15.8. The zero-order chi connectivity index (χ0) is 19.9. The smallest absolute Gasteiger partial charge is 0.269 e. The maximum atomic E-state index is 12.4. The molecule has 0 saturated heterocycles. The van der Waals surface area contributed by atoms with Gasteiger partial charge in [0.2, 0.25) is 5.69 Å². The van der Waals surface area contributed by atoms with Crippen LogP contribution in [0.15, 0.2) is 72.8 Å². The van der Waals surface area contributed by atoms with Crippen LogP contribution in [0, 0.1) is 10.1 Å². The Morgan fingerprint density at radius 1 is 0.964 bits per heavy atom. The minimum atomic E-state index is -0.466. The van der Waals surface area contributed by atoms with E-state index in [0.717, 1.165) is 17.0 Å². The molecule has 1 aliphatic rings. The summed E-state index contributed by atoms with van der Waals surface area (Å²) in [6, 6.07) is 22.1. The lowest BCUT2D eigenvalue weighted by atomic mass is 9.79. The van der Waals surface area contributed by atoms with E-state index in [-0.39, 0.29) is 23.4 Å². The molecule has 0 bridgehead atoms. The second kappa shape index (κ2) is 6.60. The predicted octanol–water partition coefficient (Wildman–Crippen LogP) is 4.29. The maximum absolute atomic E-state index is 12.4. The van der Waals surface area contributed by atoms with Crippen LogP contribution in [0.4, 0.5) is 11.4 Å². The predicted molar refractivity (Wildman–Crippen MR) is 106 cm³/mol. The quantitative estimate of drug-likeness (QED) is 0.390. The van der Waals surface area contributed by atoms with Crippen molar-refractivity contribution in [2.45, 2.75) is 25.8 Å². The third-order valence-electron chi connectivity index (χ3n) is 5.36. The zero-order valence-electron chi connectivity index (χ0n) is 15.8. The summed E-state index contributed by atoms with van der Waals surface area (Å²) in [6.07, 6.45) is 0. The van der Waals surface area contributed by atoms with Gasteiger partial charge in [0.25, 0.3) is 5.69 Å². The second-order valence-corrected chi connectivity index (χ2v) is 7.49. The van der Waals surface area contributed by atoms with Crippen molar-refractivity contribution >= 4 is 17.1 Å². The van der Waals surface area contributed by atoms with Crippen LogP contribution < -0.4 is 5.11 Å². The van der Waals surface area contributed by atoms with Crippen LogP contribution in [0.3, 0.4) is 0 Å². The normalized spacial score (nSPS) is 14.8. The monoisotopic (exact) mass is 372 g/mol. The molecule has 0 amide bonds. The minimum Gasteiger partial charge on any atom is -0.872 e. The molecule has 1 aliphatic heterocycles. The Morgan fingerprint density at radius 3 is 2.36 bits per heavy atom. The fraction of sp³-hybridized carbons (Fsp3) is 0.174. The Kier molecular flexibility index (Phi) is 4.23. The molecule has 3 aromatic rings. The lowest BCUT2D eigenvalue weighted by Gasteiger charge is -2.18. The molecule has 3 aromatic carbocycles. The van der Waals surface area contributed by atoms with Crippen molar-refractivity contribution in [3.63, 3.8) is 0 Å². The molecule has 0 aliphatic carbocycles. The lowest BCUT2D eigenvalue weighted by Crippen LogP contribution is -2.30. The van der Waals surface area contributed by atoms with Crippen LogP contribution in [0.25, 0.3) is 0 Å². The summed E-state index contributed by atoms with van der Waals surface area (Å²) in [4.78, 5) is 10.7. The van der Waals surface area contributed by atoms with E-state index in [1.165, 1.54) is 23.8 Å². The summed E-state index contributed by atoms with van der Waals surface area (Å²) in [6.45, 7) is 4.62. The van der Waals surface area contributed by atoms with Crippen molar-refractivity contribution in [2.24, 2.45) is 0 Å². The van der Waals surface area contributed by atoms with Crippen molar-refractivity contribution < 1.29 is 14.6 Å². The summed E-state index contributed by atoms with van der Waals surface area (Å²) in [5.41, 5.74) is 4.44. The van der Waals surface area contributed by atoms with E-state index >= 15 is 0 Å². The number of nitro groups is 1. The van der Waals surface area contributed by atoms with Gasteiger partial charge in [-0.25, -0.2) is 0 Å². The molecular formula is C23H20N2O3. The second-order valence-electron chi connectivity index (χ2n) is 7.49. The Bertz CT molecular complexity index is 1100. The molecule has 5 nitrogen and oxygen atoms in total. The van der Waals surface area contributed by atoms with E-state index in [2.05, 4.69) is 36.6 Å².